The molecule has 5 rings (SSSR count). The van der Waals surface area contributed by atoms with Crippen molar-refractivity contribution in [2.75, 3.05) is 13.1 Å². The normalized spacial score (nSPS) is 21.2. The van der Waals surface area contributed by atoms with Crippen LogP contribution >= 0.6 is 23.7 Å². The third-order valence-corrected chi connectivity index (χ3v) is 6.50. The molecule has 26 heavy (non-hydrogen) atoms. The highest BCUT2D eigenvalue weighted by atomic mass is 35.5. The van der Waals surface area contributed by atoms with Crippen LogP contribution in [0, 0.1) is 5.41 Å². The molecule has 138 valence electrons. The van der Waals surface area contributed by atoms with Crippen LogP contribution < -0.4 is 5.32 Å². The largest absolute Gasteiger partial charge is 0.317 e. The van der Waals surface area contributed by atoms with E-state index in [1.165, 1.54) is 30.0 Å². The van der Waals surface area contributed by atoms with E-state index in [0.717, 1.165) is 32.0 Å². The third-order valence-electron chi connectivity index (χ3n) is 5.74. The number of fused-ring (bicyclic) bond motifs is 1. The van der Waals surface area contributed by atoms with Crippen LogP contribution in [0.1, 0.15) is 30.0 Å². The van der Waals surface area contributed by atoms with Gasteiger partial charge in [-0.15, -0.1) is 23.7 Å². The zero-order valence-electron chi connectivity index (χ0n) is 14.5. The Morgan fingerprint density at radius 3 is 2.88 bits per heavy atom. The molecule has 1 spiro atoms. The van der Waals surface area contributed by atoms with Crippen LogP contribution in [-0.2, 0) is 13.1 Å². The average molecular weight is 391 g/mol. The summed E-state index contributed by atoms with van der Waals surface area (Å²) in [6.07, 6.45) is 11.6. The highest BCUT2D eigenvalue weighted by molar-refractivity contribution is 7.09. The van der Waals surface area contributed by atoms with Crippen molar-refractivity contribution in [3.8, 4) is 0 Å². The molecule has 1 atom stereocenters. The Bertz CT molecular complexity index is 858. The molecule has 0 radical (unpaired) electrons. The summed E-state index contributed by atoms with van der Waals surface area (Å²) in [7, 11) is 0. The molecule has 3 aromatic rings. The van der Waals surface area contributed by atoms with Gasteiger partial charge in [0, 0.05) is 36.6 Å². The van der Waals surface area contributed by atoms with Gasteiger partial charge in [0.2, 0.25) is 5.78 Å². The number of hydrogen-bond donors (Lipinski definition) is 1. The fraction of sp³-hybridized carbons (Fsp3) is 0.500. The molecular weight excluding hydrogens is 368 g/mol. The summed E-state index contributed by atoms with van der Waals surface area (Å²) < 4.78 is 2.10. The van der Waals surface area contributed by atoms with E-state index in [1.807, 2.05) is 18.5 Å². The maximum Gasteiger partial charge on any atom is 0.233 e. The van der Waals surface area contributed by atoms with Crippen LogP contribution in [0.25, 0.3) is 5.78 Å². The number of imidazole rings is 1. The lowest BCUT2D eigenvalue weighted by atomic mass is 9.93. The van der Waals surface area contributed by atoms with Crippen LogP contribution in [0.5, 0.6) is 0 Å². The molecule has 0 amide bonds. The Morgan fingerprint density at radius 2 is 2.08 bits per heavy atom. The van der Waals surface area contributed by atoms with Crippen molar-refractivity contribution in [2.24, 2.45) is 5.41 Å². The second-order valence-corrected chi connectivity index (χ2v) is 8.18. The number of nitrogens with zero attached hydrogens (tertiary/aromatic N) is 5. The highest BCUT2D eigenvalue weighted by Crippen LogP contribution is 2.56. The molecule has 1 saturated heterocycles. The number of halogens is 1. The Morgan fingerprint density at radius 1 is 1.19 bits per heavy atom. The maximum atomic E-state index is 4.52. The molecule has 2 fully saturated rings. The number of piperidine rings is 1. The minimum Gasteiger partial charge on any atom is -0.317 e. The first-order valence-electron chi connectivity index (χ1n) is 8.94. The predicted molar refractivity (Wildman–Crippen MR) is 105 cm³/mol. The summed E-state index contributed by atoms with van der Waals surface area (Å²) in [5.74, 6) is 0.777. The lowest BCUT2D eigenvalue weighted by molar-refractivity contribution is 0.185. The third kappa shape index (κ3) is 3.24. The van der Waals surface area contributed by atoms with Crippen LogP contribution in [0.3, 0.4) is 0 Å². The minimum atomic E-state index is 0. The number of nitrogens with one attached hydrogen (secondary N) is 1. The standard InChI is InChI=1S/C18H22N6S.ClH/c1-4-21-17-22-11-14(24(17)8-1)12-23(13-16-20-7-9-25-16)15-10-18(15)2-5-19-6-3-18;/h1,4,7-9,11,15,19H,2-3,5-6,10,12-13H2;1H. The van der Waals surface area contributed by atoms with Crippen molar-refractivity contribution in [1.82, 2.24) is 29.6 Å². The van der Waals surface area contributed by atoms with Crippen LogP contribution in [0.4, 0.5) is 0 Å². The Labute approximate surface area is 163 Å². The Hall–Kier alpha value is -1.54. The molecule has 3 aromatic heterocycles. The van der Waals surface area contributed by atoms with E-state index in [9.17, 15) is 0 Å². The summed E-state index contributed by atoms with van der Waals surface area (Å²) >= 11 is 1.75. The second kappa shape index (κ2) is 7.23. The van der Waals surface area contributed by atoms with Crippen molar-refractivity contribution >= 4 is 29.5 Å². The molecule has 6 nitrogen and oxygen atoms in total. The summed E-state index contributed by atoms with van der Waals surface area (Å²) in [6, 6.07) is 2.62. The lowest BCUT2D eigenvalue weighted by Crippen LogP contribution is -2.36. The van der Waals surface area contributed by atoms with Gasteiger partial charge in [-0.2, -0.15) is 0 Å². The highest BCUT2D eigenvalue weighted by Gasteiger charge is 2.56. The summed E-state index contributed by atoms with van der Waals surface area (Å²) in [4.78, 5) is 15.9. The van der Waals surface area contributed by atoms with Gasteiger partial charge in [0.25, 0.3) is 0 Å². The smallest absolute Gasteiger partial charge is 0.233 e. The van der Waals surface area contributed by atoms with Gasteiger partial charge in [-0.3, -0.25) is 9.30 Å². The van der Waals surface area contributed by atoms with E-state index in [1.54, 1.807) is 17.5 Å². The second-order valence-electron chi connectivity index (χ2n) is 7.20. The van der Waals surface area contributed by atoms with Gasteiger partial charge in [-0.1, -0.05) is 0 Å². The first kappa shape index (κ1) is 17.9. The Balaban J connectivity index is 0.00000168. The lowest BCUT2D eigenvalue weighted by Gasteiger charge is -2.29. The van der Waals surface area contributed by atoms with Crippen molar-refractivity contribution in [3.63, 3.8) is 0 Å². The van der Waals surface area contributed by atoms with E-state index in [-0.39, 0.29) is 12.4 Å². The number of thiazole rings is 1. The Kier molecular flexibility index (Phi) is 4.96. The quantitative estimate of drug-likeness (QED) is 0.725. The number of aromatic nitrogens is 4. The number of hydrogen-bond acceptors (Lipinski definition) is 6. The zero-order chi connectivity index (χ0) is 16.7. The van der Waals surface area contributed by atoms with Gasteiger partial charge in [0.05, 0.1) is 18.4 Å². The van der Waals surface area contributed by atoms with E-state index in [0.29, 0.717) is 11.5 Å². The molecule has 1 unspecified atom stereocenters. The average Bonchev–Trinajstić information content (AvgIpc) is 3.03. The topological polar surface area (TPSA) is 58.4 Å². The van der Waals surface area contributed by atoms with Gasteiger partial charge in [0.1, 0.15) is 5.01 Å². The van der Waals surface area contributed by atoms with Crippen molar-refractivity contribution in [1.29, 1.82) is 0 Å². The van der Waals surface area contributed by atoms with E-state index >= 15 is 0 Å². The molecule has 4 heterocycles. The first-order chi connectivity index (χ1) is 12.3. The molecule has 1 N–H and O–H groups in total. The minimum absolute atomic E-state index is 0. The van der Waals surface area contributed by atoms with Crippen molar-refractivity contribution in [2.45, 2.75) is 38.4 Å². The monoisotopic (exact) mass is 390 g/mol. The fourth-order valence-electron chi connectivity index (χ4n) is 4.29. The summed E-state index contributed by atoms with van der Waals surface area (Å²) in [5, 5.41) is 6.77. The SMILES string of the molecule is Cl.c1cnc2ncc(CN(Cc3nccs3)C3CC34CCNCC4)n2c1. The zero-order valence-corrected chi connectivity index (χ0v) is 16.2. The van der Waals surface area contributed by atoms with Gasteiger partial charge in [-0.25, -0.2) is 15.0 Å². The van der Waals surface area contributed by atoms with E-state index < -0.39 is 0 Å². The molecule has 1 saturated carbocycles. The van der Waals surface area contributed by atoms with Crippen LogP contribution in [0.15, 0.2) is 36.2 Å². The first-order valence-corrected chi connectivity index (χ1v) is 9.82. The van der Waals surface area contributed by atoms with E-state index in [2.05, 4.69) is 41.1 Å². The van der Waals surface area contributed by atoms with Crippen LogP contribution in [-0.4, -0.2) is 43.4 Å². The van der Waals surface area contributed by atoms with Gasteiger partial charge in [-0.05, 0) is 43.8 Å². The summed E-state index contributed by atoms with van der Waals surface area (Å²) in [5.41, 5.74) is 1.72. The molecular formula is C18H23ClN6S. The molecule has 8 heteroatoms. The van der Waals surface area contributed by atoms with Gasteiger partial charge < -0.3 is 5.32 Å². The summed E-state index contributed by atoms with van der Waals surface area (Å²) in [6.45, 7) is 4.12. The van der Waals surface area contributed by atoms with Crippen LogP contribution in [0.2, 0.25) is 0 Å². The molecule has 0 bridgehead atoms. The predicted octanol–water partition coefficient (Wildman–Crippen LogP) is 2.75. The number of rotatable bonds is 5. The molecule has 2 aliphatic rings. The van der Waals surface area contributed by atoms with Crippen molar-refractivity contribution < 1.29 is 0 Å². The molecule has 1 aliphatic heterocycles. The maximum absolute atomic E-state index is 4.52. The fourth-order valence-corrected chi connectivity index (χ4v) is 4.93. The van der Waals surface area contributed by atoms with Gasteiger partial charge >= 0.3 is 0 Å². The van der Waals surface area contributed by atoms with Crippen molar-refractivity contribution in [3.05, 3.63) is 46.9 Å². The van der Waals surface area contributed by atoms with E-state index in [4.69, 9.17) is 0 Å². The molecule has 1 aliphatic carbocycles. The van der Waals surface area contributed by atoms with Gasteiger partial charge in [0.15, 0.2) is 0 Å². The molecule has 0 aromatic carbocycles.